The highest BCUT2D eigenvalue weighted by atomic mass is 15.3. The van der Waals surface area contributed by atoms with Crippen molar-refractivity contribution in [3.63, 3.8) is 0 Å². The average molecular weight is 234 g/mol. The van der Waals surface area contributed by atoms with Crippen molar-refractivity contribution in [3.05, 3.63) is 29.8 Å². The molecule has 2 nitrogen and oxygen atoms in total. The van der Waals surface area contributed by atoms with Gasteiger partial charge in [-0.2, -0.15) is 0 Å². The second kappa shape index (κ2) is 6.65. The molecular formula is C15H26N2. The summed E-state index contributed by atoms with van der Waals surface area (Å²) in [7, 11) is 2.20. The van der Waals surface area contributed by atoms with Crippen molar-refractivity contribution < 1.29 is 0 Å². The van der Waals surface area contributed by atoms with Gasteiger partial charge in [-0.15, -0.1) is 0 Å². The molecule has 1 saturated heterocycles. The van der Waals surface area contributed by atoms with E-state index in [4.69, 9.17) is 0 Å². The molecule has 1 atom stereocenters. The highest BCUT2D eigenvalue weighted by Gasteiger charge is 2.22. The maximum Gasteiger partial charge on any atom is 0.0399 e. The van der Waals surface area contributed by atoms with E-state index in [1.54, 1.807) is 0 Å². The van der Waals surface area contributed by atoms with E-state index in [1.807, 2.05) is 13.8 Å². The van der Waals surface area contributed by atoms with Gasteiger partial charge in [-0.1, -0.05) is 32.0 Å². The molecule has 0 saturated carbocycles. The maximum atomic E-state index is 2.52. The van der Waals surface area contributed by atoms with Crippen LogP contribution in [0.1, 0.15) is 26.3 Å². The zero-order valence-electron chi connectivity index (χ0n) is 11.9. The smallest absolute Gasteiger partial charge is 0.0399 e. The SMILES string of the molecule is CC.Cc1ccccc1N1CCN(C)CC1C. The Morgan fingerprint density at radius 1 is 1.12 bits per heavy atom. The second-order valence-corrected chi connectivity index (χ2v) is 4.59. The van der Waals surface area contributed by atoms with Crippen molar-refractivity contribution in [1.29, 1.82) is 0 Å². The molecule has 0 bridgehead atoms. The second-order valence-electron chi connectivity index (χ2n) is 4.59. The number of piperazine rings is 1. The average Bonchev–Trinajstić information content (AvgIpc) is 2.33. The van der Waals surface area contributed by atoms with Crippen LogP contribution < -0.4 is 4.90 Å². The lowest BCUT2D eigenvalue weighted by atomic mass is 10.1. The van der Waals surface area contributed by atoms with Crippen LogP contribution in [0.5, 0.6) is 0 Å². The zero-order valence-corrected chi connectivity index (χ0v) is 11.9. The largest absolute Gasteiger partial charge is 0.366 e. The Labute approximate surface area is 106 Å². The third-order valence-electron chi connectivity index (χ3n) is 3.26. The van der Waals surface area contributed by atoms with Gasteiger partial charge in [-0.05, 0) is 32.5 Å². The van der Waals surface area contributed by atoms with E-state index in [1.165, 1.54) is 17.8 Å². The molecule has 96 valence electrons. The first kappa shape index (κ1) is 14.0. The van der Waals surface area contributed by atoms with Crippen LogP contribution >= 0.6 is 0 Å². The van der Waals surface area contributed by atoms with Crippen LogP contribution in [0.4, 0.5) is 5.69 Å². The summed E-state index contributed by atoms with van der Waals surface area (Å²) in [5.41, 5.74) is 2.78. The minimum atomic E-state index is 0.616. The summed E-state index contributed by atoms with van der Waals surface area (Å²) in [5.74, 6) is 0. The number of nitrogens with zero attached hydrogens (tertiary/aromatic N) is 2. The van der Waals surface area contributed by atoms with Crippen LogP contribution in [-0.4, -0.2) is 37.6 Å². The van der Waals surface area contributed by atoms with Crippen LogP contribution in [0.15, 0.2) is 24.3 Å². The van der Waals surface area contributed by atoms with Crippen LogP contribution in [-0.2, 0) is 0 Å². The summed E-state index contributed by atoms with van der Waals surface area (Å²) in [6.07, 6.45) is 0. The number of benzene rings is 1. The molecule has 1 heterocycles. The number of aryl methyl sites for hydroxylation is 1. The van der Waals surface area contributed by atoms with Gasteiger partial charge >= 0.3 is 0 Å². The van der Waals surface area contributed by atoms with E-state index in [2.05, 4.69) is 55.0 Å². The fourth-order valence-electron chi connectivity index (χ4n) is 2.38. The Balaban J connectivity index is 0.000000686. The van der Waals surface area contributed by atoms with E-state index in [9.17, 15) is 0 Å². The molecule has 0 spiro atoms. The van der Waals surface area contributed by atoms with E-state index >= 15 is 0 Å². The van der Waals surface area contributed by atoms with Crippen LogP contribution in [0.3, 0.4) is 0 Å². The molecule has 0 aromatic heterocycles. The zero-order chi connectivity index (χ0) is 12.8. The standard InChI is InChI=1S/C13H20N2.C2H6/c1-11-6-4-5-7-13(11)15-9-8-14(3)10-12(15)2;1-2/h4-7,12H,8-10H2,1-3H3;1-2H3. The Hall–Kier alpha value is -1.02. The van der Waals surface area contributed by atoms with Crippen molar-refractivity contribution in [2.24, 2.45) is 0 Å². The molecule has 1 aliphatic rings. The first-order chi connectivity index (χ1) is 8.18. The Kier molecular flexibility index (Phi) is 5.49. The molecule has 1 unspecified atom stereocenters. The molecule has 1 aromatic carbocycles. The molecule has 17 heavy (non-hydrogen) atoms. The summed E-state index contributed by atoms with van der Waals surface area (Å²) < 4.78 is 0. The summed E-state index contributed by atoms with van der Waals surface area (Å²) in [6, 6.07) is 9.29. The van der Waals surface area contributed by atoms with Gasteiger partial charge in [0.05, 0.1) is 0 Å². The van der Waals surface area contributed by atoms with Crippen molar-refractivity contribution >= 4 is 5.69 Å². The molecule has 0 amide bonds. The fourth-order valence-corrected chi connectivity index (χ4v) is 2.38. The summed E-state index contributed by atoms with van der Waals surface area (Å²) in [4.78, 5) is 4.93. The Bertz CT molecular complexity index is 335. The van der Waals surface area contributed by atoms with E-state index in [0.717, 1.165) is 13.1 Å². The van der Waals surface area contributed by atoms with Crippen molar-refractivity contribution in [3.8, 4) is 0 Å². The molecule has 2 rings (SSSR count). The van der Waals surface area contributed by atoms with Crippen molar-refractivity contribution in [1.82, 2.24) is 4.90 Å². The predicted molar refractivity (Wildman–Crippen MR) is 76.8 cm³/mol. The summed E-state index contributed by atoms with van der Waals surface area (Å²) in [5, 5.41) is 0. The quantitative estimate of drug-likeness (QED) is 0.736. The lowest BCUT2D eigenvalue weighted by Gasteiger charge is -2.40. The number of hydrogen-bond donors (Lipinski definition) is 0. The van der Waals surface area contributed by atoms with Crippen molar-refractivity contribution in [2.45, 2.75) is 33.7 Å². The lowest BCUT2D eigenvalue weighted by molar-refractivity contribution is 0.275. The summed E-state index contributed by atoms with van der Waals surface area (Å²) >= 11 is 0. The molecule has 0 aliphatic carbocycles. The van der Waals surface area contributed by atoms with E-state index in [0.29, 0.717) is 6.04 Å². The molecule has 1 fully saturated rings. The van der Waals surface area contributed by atoms with E-state index < -0.39 is 0 Å². The number of para-hydroxylation sites is 1. The van der Waals surface area contributed by atoms with Crippen LogP contribution in [0, 0.1) is 6.92 Å². The normalized spacial score (nSPS) is 20.8. The van der Waals surface area contributed by atoms with Crippen molar-refractivity contribution in [2.75, 3.05) is 31.6 Å². The minimum absolute atomic E-state index is 0.616. The van der Waals surface area contributed by atoms with Gasteiger partial charge < -0.3 is 9.80 Å². The molecule has 1 aliphatic heterocycles. The fraction of sp³-hybridized carbons (Fsp3) is 0.600. The maximum absolute atomic E-state index is 2.52. The third kappa shape index (κ3) is 3.47. The Morgan fingerprint density at radius 3 is 2.35 bits per heavy atom. The minimum Gasteiger partial charge on any atom is -0.366 e. The van der Waals surface area contributed by atoms with Crippen LogP contribution in [0.2, 0.25) is 0 Å². The predicted octanol–water partition coefficient (Wildman–Crippen LogP) is 3.16. The number of rotatable bonds is 1. The monoisotopic (exact) mass is 234 g/mol. The molecule has 0 radical (unpaired) electrons. The summed E-state index contributed by atoms with van der Waals surface area (Å²) in [6.45, 7) is 12.0. The van der Waals surface area contributed by atoms with Crippen LogP contribution in [0.25, 0.3) is 0 Å². The molecular weight excluding hydrogens is 208 g/mol. The number of anilines is 1. The number of hydrogen-bond acceptors (Lipinski definition) is 2. The van der Waals surface area contributed by atoms with Gasteiger partial charge in [0.25, 0.3) is 0 Å². The van der Waals surface area contributed by atoms with Gasteiger partial charge in [-0.25, -0.2) is 0 Å². The highest BCUT2D eigenvalue weighted by Crippen LogP contribution is 2.23. The Morgan fingerprint density at radius 2 is 1.76 bits per heavy atom. The molecule has 2 heteroatoms. The first-order valence-electron chi connectivity index (χ1n) is 6.69. The van der Waals surface area contributed by atoms with Gasteiger partial charge in [0, 0.05) is 31.4 Å². The van der Waals surface area contributed by atoms with Gasteiger partial charge in [-0.3, -0.25) is 0 Å². The first-order valence-corrected chi connectivity index (χ1v) is 6.69. The van der Waals surface area contributed by atoms with Gasteiger partial charge in [0.2, 0.25) is 0 Å². The topological polar surface area (TPSA) is 6.48 Å². The van der Waals surface area contributed by atoms with Gasteiger partial charge in [0.1, 0.15) is 0 Å². The number of likely N-dealkylation sites (N-methyl/N-ethyl adjacent to an activating group) is 1. The third-order valence-corrected chi connectivity index (χ3v) is 3.26. The van der Waals surface area contributed by atoms with E-state index in [-0.39, 0.29) is 0 Å². The highest BCUT2D eigenvalue weighted by molar-refractivity contribution is 5.54. The molecule has 0 N–H and O–H groups in total. The lowest BCUT2D eigenvalue weighted by Crippen LogP contribution is -2.50. The molecule has 1 aromatic rings. The van der Waals surface area contributed by atoms with Gasteiger partial charge in [0.15, 0.2) is 0 Å².